The SMILES string of the molecule is CC(C)CCNS(=O)(=O)CCN1C(=O)c2ccccc2C1=O. The zero-order valence-electron chi connectivity index (χ0n) is 12.7. The lowest BCUT2D eigenvalue weighted by molar-refractivity contribution is 0.0664. The molecule has 0 bridgehead atoms. The Morgan fingerprint density at radius 1 is 1.09 bits per heavy atom. The van der Waals surface area contributed by atoms with Crippen LogP contribution < -0.4 is 4.72 Å². The average Bonchev–Trinajstić information content (AvgIpc) is 2.69. The van der Waals surface area contributed by atoms with Gasteiger partial charge in [-0.25, -0.2) is 13.1 Å². The Kier molecular flexibility index (Phi) is 4.97. The minimum atomic E-state index is -3.50. The van der Waals surface area contributed by atoms with Crippen molar-refractivity contribution in [3.8, 4) is 0 Å². The minimum Gasteiger partial charge on any atom is -0.273 e. The van der Waals surface area contributed by atoms with E-state index in [4.69, 9.17) is 0 Å². The standard InChI is InChI=1S/C15H20N2O4S/c1-11(2)7-8-16-22(20,21)10-9-17-14(18)12-5-3-4-6-13(12)15(17)19/h3-6,11,16H,7-10H2,1-2H3. The van der Waals surface area contributed by atoms with Crippen LogP contribution in [-0.2, 0) is 10.0 Å². The van der Waals surface area contributed by atoms with Crippen LogP contribution in [0.4, 0.5) is 0 Å². The smallest absolute Gasteiger partial charge is 0.261 e. The molecule has 0 atom stereocenters. The fourth-order valence-electron chi connectivity index (χ4n) is 2.23. The molecule has 1 heterocycles. The summed E-state index contributed by atoms with van der Waals surface area (Å²) in [5.41, 5.74) is 0.662. The minimum absolute atomic E-state index is 0.136. The molecule has 0 unspecified atom stereocenters. The second-order valence-corrected chi connectivity index (χ2v) is 7.63. The van der Waals surface area contributed by atoms with Gasteiger partial charge in [0.1, 0.15) is 0 Å². The first-order valence-corrected chi connectivity index (χ1v) is 8.89. The molecule has 0 saturated heterocycles. The number of amides is 2. The van der Waals surface area contributed by atoms with Crippen molar-refractivity contribution in [2.75, 3.05) is 18.8 Å². The zero-order valence-corrected chi connectivity index (χ0v) is 13.5. The van der Waals surface area contributed by atoms with E-state index >= 15 is 0 Å². The molecule has 7 heteroatoms. The molecule has 120 valence electrons. The van der Waals surface area contributed by atoms with E-state index in [1.807, 2.05) is 13.8 Å². The summed E-state index contributed by atoms with van der Waals surface area (Å²) in [4.78, 5) is 25.2. The fraction of sp³-hybridized carbons (Fsp3) is 0.467. The van der Waals surface area contributed by atoms with Crippen molar-refractivity contribution in [1.82, 2.24) is 9.62 Å². The summed E-state index contributed by atoms with van der Waals surface area (Å²) >= 11 is 0. The molecule has 2 amide bonds. The summed E-state index contributed by atoms with van der Waals surface area (Å²) in [6.45, 7) is 4.24. The summed E-state index contributed by atoms with van der Waals surface area (Å²) < 4.78 is 26.3. The Hall–Kier alpha value is -1.73. The van der Waals surface area contributed by atoms with Gasteiger partial charge in [0.05, 0.1) is 16.9 Å². The van der Waals surface area contributed by atoms with Gasteiger partial charge < -0.3 is 0 Å². The molecule has 0 spiro atoms. The number of fused-ring (bicyclic) bond motifs is 1. The molecule has 0 radical (unpaired) electrons. The van der Waals surface area contributed by atoms with Crippen LogP contribution in [0.2, 0.25) is 0 Å². The highest BCUT2D eigenvalue weighted by Gasteiger charge is 2.35. The van der Waals surface area contributed by atoms with Gasteiger partial charge in [-0.1, -0.05) is 26.0 Å². The Morgan fingerprint density at radius 3 is 2.14 bits per heavy atom. The predicted octanol–water partition coefficient (Wildman–Crippen LogP) is 1.25. The van der Waals surface area contributed by atoms with E-state index in [-0.39, 0.29) is 12.3 Å². The van der Waals surface area contributed by atoms with Crippen LogP contribution in [-0.4, -0.2) is 44.0 Å². The van der Waals surface area contributed by atoms with Gasteiger partial charge in [0, 0.05) is 13.1 Å². The first-order chi connectivity index (χ1) is 10.3. The molecule has 1 N–H and O–H groups in total. The highest BCUT2D eigenvalue weighted by molar-refractivity contribution is 7.89. The van der Waals surface area contributed by atoms with Crippen LogP contribution >= 0.6 is 0 Å². The first kappa shape index (κ1) is 16.6. The maximum Gasteiger partial charge on any atom is 0.261 e. The third-order valence-corrected chi connectivity index (χ3v) is 4.87. The van der Waals surface area contributed by atoms with Crippen LogP contribution in [0.1, 0.15) is 41.0 Å². The van der Waals surface area contributed by atoms with Crippen LogP contribution in [0.5, 0.6) is 0 Å². The molecular weight excluding hydrogens is 304 g/mol. The first-order valence-electron chi connectivity index (χ1n) is 7.24. The van der Waals surface area contributed by atoms with E-state index in [1.54, 1.807) is 24.3 Å². The summed E-state index contributed by atoms with van der Waals surface area (Å²) in [7, 11) is -3.50. The predicted molar refractivity (Wildman–Crippen MR) is 83.1 cm³/mol. The monoisotopic (exact) mass is 324 g/mol. The molecule has 1 aromatic rings. The maximum absolute atomic E-state index is 12.1. The van der Waals surface area contributed by atoms with Gasteiger partial charge in [-0.15, -0.1) is 0 Å². The van der Waals surface area contributed by atoms with Crippen molar-refractivity contribution in [3.05, 3.63) is 35.4 Å². The Bertz CT molecular complexity index is 648. The van der Waals surface area contributed by atoms with Crippen LogP contribution in [0.25, 0.3) is 0 Å². The lowest BCUT2D eigenvalue weighted by atomic mass is 10.1. The van der Waals surface area contributed by atoms with Gasteiger partial charge in [0.2, 0.25) is 10.0 Å². The van der Waals surface area contributed by atoms with E-state index < -0.39 is 21.8 Å². The number of hydrogen-bond donors (Lipinski definition) is 1. The fourth-order valence-corrected chi connectivity index (χ4v) is 3.23. The number of hydrogen-bond acceptors (Lipinski definition) is 4. The molecule has 0 aliphatic carbocycles. The van der Waals surface area contributed by atoms with Crippen molar-refractivity contribution in [2.24, 2.45) is 5.92 Å². The van der Waals surface area contributed by atoms with E-state index in [0.29, 0.717) is 23.6 Å². The number of rotatable bonds is 7. The molecular formula is C15H20N2O4S. The molecule has 0 saturated carbocycles. The Labute approximate surface area is 130 Å². The lowest BCUT2D eigenvalue weighted by Gasteiger charge is -2.14. The van der Waals surface area contributed by atoms with Crippen molar-refractivity contribution in [1.29, 1.82) is 0 Å². The number of sulfonamides is 1. The number of nitrogens with one attached hydrogen (secondary N) is 1. The zero-order chi connectivity index (χ0) is 16.3. The molecule has 6 nitrogen and oxygen atoms in total. The maximum atomic E-state index is 12.1. The van der Waals surface area contributed by atoms with Crippen molar-refractivity contribution in [3.63, 3.8) is 0 Å². The number of benzene rings is 1. The van der Waals surface area contributed by atoms with Gasteiger partial charge in [0.15, 0.2) is 0 Å². The van der Waals surface area contributed by atoms with Crippen molar-refractivity contribution >= 4 is 21.8 Å². The summed E-state index contributed by atoms with van der Waals surface area (Å²) in [5.74, 6) is -0.744. The summed E-state index contributed by atoms with van der Waals surface area (Å²) in [6, 6.07) is 6.51. The van der Waals surface area contributed by atoms with Crippen LogP contribution in [0.15, 0.2) is 24.3 Å². The molecule has 0 fully saturated rings. The van der Waals surface area contributed by atoms with E-state index in [9.17, 15) is 18.0 Å². The molecule has 1 aliphatic rings. The normalized spacial score (nSPS) is 14.8. The van der Waals surface area contributed by atoms with E-state index in [2.05, 4.69) is 4.72 Å². The molecule has 0 aromatic heterocycles. The van der Waals surface area contributed by atoms with Crippen LogP contribution in [0.3, 0.4) is 0 Å². The molecule has 22 heavy (non-hydrogen) atoms. The third kappa shape index (κ3) is 3.72. The van der Waals surface area contributed by atoms with Crippen molar-refractivity contribution < 1.29 is 18.0 Å². The van der Waals surface area contributed by atoms with Gasteiger partial charge >= 0.3 is 0 Å². The molecule has 2 rings (SSSR count). The lowest BCUT2D eigenvalue weighted by Crippen LogP contribution is -2.38. The average molecular weight is 324 g/mol. The highest BCUT2D eigenvalue weighted by Crippen LogP contribution is 2.22. The second-order valence-electron chi connectivity index (χ2n) is 5.70. The molecule has 1 aromatic carbocycles. The van der Waals surface area contributed by atoms with E-state index in [1.165, 1.54) is 0 Å². The van der Waals surface area contributed by atoms with Gasteiger partial charge in [-0.2, -0.15) is 0 Å². The second kappa shape index (κ2) is 6.58. The largest absolute Gasteiger partial charge is 0.273 e. The summed E-state index contributed by atoms with van der Waals surface area (Å²) in [5, 5.41) is 0. The number of carbonyl (C=O) groups is 2. The number of carbonyl (C=O) groups excluding carboxylic acids is 2. The topological polar surface area (TPSA) is 83.6 Å². The molecule has 1 aliphatic heterocycles. The number of imide groups is 1. The quantitative estimate of drug-likeness (QED) is 0.765. The van der Waals surface area contributed by atoms with Gasteiger partial charge in [-0.05, 0) is 24.5 Å². The van der Waals surface area contributed by atoms with E-state index in [0.717, 1.165) is 11.3 Å². The summed E-state index contributed by atoms with van der Waals surface area (Å²) in [6.07, 6.45) is 0.742. The number of nitrogens with zero attached hydrogens (tertiary/aromatic N) is 1. The third-order valence-electron chi connectivity index (χ3n) is 3.51. The highest BCUT2D eigenvalue weighted by atomic mass is 32.2. The Morgan fingerprint density at radius 2 is 1.64 bits per heavy atom. The van der Waals surface area contributed by atoms with Crippen molar-refractivity contribution in [2.45, 2.75) is 20.3 Å². The van der Waals surface area contributed by atoms with Gasteiger partial charge in [-0.3, -0.25) is 14.5 Å². The Balaban J connectivity index is 1.96. The van der Waals surface area contributed by atoms with Crippen LogP contribution in [0, 0.1) is 5.92 Å². The van der Waals surface area contributed by atoms with Gasteiger partial charge in [0.25, 0.3) is 11.8 Å².